The Morgan fingerprint density at radius 1 is 1.53 bits per heavy atom. The zero-order valence-electron chi connectivity index (χ0n) is 10.7. The van der Waals surface area contributed by atoms with Crippen LogP contribution in [0.2, 0.25) is 0 Å². The molecule has 17 heavy (non-hydrogen) atoms. The number of nitrogen functional groups attached to an aromatic ring is 1. The highest BCUT2D eigenvalue weighted by atomic mass is 16.6. The second kappa shape index (κ2) is 5.61. The van der Waals surface area contributed by atoms with Crippen LogP contribution in [0.5, 0.6) is 0 Å². The summed E-state index contributed by atoms with van der Waals surface area (Å²) in [6.07, 6.45) is 4.26. The minimum absolute atomic E-state index is 0.371. The number of nitrogens with one attached hydrogen (secondary N) is 1. The third-order valence-corrected chi connectivity index (χ3v) is 2.03. The molecule has 96 valence electrons. The van der Waals surface area contributed by atoms with Crippen LogP contribution in [0.4, 0.5) is 10.5 Å². The van der Waals surface area contributed by atoms with Crippen molar-refractivity contribution < 1.29 is 9.53 Å². The molecule has 5 heteroatoms. The van der Waals surface area contributed by atoms with E-state index in [0.717, 1.165) is 18.7 Å². The van der Waals surface area contributed by atoms with Crippen LogP contribution < -0.4 is 11.1 Å². The number of ether oxygens (including phenoxy) is 1. The second-order valence-electron chi connectivity index (χ2n) is 4.96. The van der Waals surface area contributed by atoms with E-state index in [1.54, 1.807) is 0 Å². The number of hydrogen-bond acceptors (Lipinski definition) is 3. The van der Waals surface area contributed by atoms with Crippen molar-refractivity contribution in [3.63, 3.8) is 0 Å². The molecule has 0 radical (unpaired) electrons. The molecule has 0 spiro atoms. The zero-order chi connectivity index (χ0) is 12.9. The van der Waals surface area contributed by atoms with Crippen LogP contribution in [-0.2, 0) is 11.3 Å². The number of carbonyl (C=O) groups is 1. The van der Waals surface area contributed by atoms with Gasteiger partial charge < -0.3 is 20.4 Å². The van der Waals surface area contributed by atoms with Crippen molar-refractivity contribution in [3.05, 3.63) is 18.5 Å². The number of rotatable bonds is 4. The maximum absolute atomic E-state index is 11.3. The van der Waals surface area contributed by atoms with Crippen LogP contribution in [0.15, 0.2) is 18.5 Å². The fourth-order valence-electron chi connectivity index (χ4n) is 1.36. The molecule has 5 nitrogen and oxygen atoms in total. The molecule has 0 aliphatic rings. The molecule has 1 amide bonds. The Bertz CT molecular complexity index is 366. The average Bonchev–Trinajstić information content (AvgIpc) is 2.56. The van der Waals surface area contributed by atoms with Gasteiger partial charge in [0.15, 0.2) is 0 Å². The first-order chi connectivity index (χ1) is 7.87. The van der Waals surface area contributed by atoms with Gasteiger partial charge >= 0.3 is 6.09 Å². The maximum Gasteiger partial charge on any atom is 0.407 e. The summed E-state index contributed by atoms with van der Waals surface area (Å²) >= 11 is 0. The number of nitrogens with two attached hydrogens (primary N) is 1. The molecule has 0 fully saturated rings. The molecule has 0 unspecified atom stereocenters. The fraction of sp³-hybridized carbons (Fsp3) is 0.583. The van der Waals surface area contributed by atoms with E-state index < -0.39 is 5.60 Å². The minimum Gasteiger partial charge on any atom is -0.444 e. The fourth-order valence-corrected chi connectivity index (χ4v) is 1.36. The molecule has 1 aromatic rings. The van der Waals surface area contributed by atoms with E-state index in [4.69, 9.17) is 10.5 Å². The van der Waals surface area contributed by atoms with Crippen LogP contribution in [0.3, 0.4) is 0 Å². The van der Waals surface area contributed by atoms with E-state index in [1.807, 2.05) is 43.8 Å². The quantitative estimate of drug-likeness (QED) is 0.789. The van der Waals surface area contributed by atoms with E-state index in [0.29, 0.717) is 6.54 Å². The Kier molecular flexibility index (Phi) is 4.43. The van der Waals surface area contributed by atoms with Crippen molar-refractivity contribution in [1.82, 2.24) is 9.88 Å². The highest BCUT2D eigenvalue weighted by Gasteiger charge is 2.15. The molecule has 0 aliphatic heterocycles. The van der Waals surface area contributed by atoms with Gasteiger partial charge in [-0.3, -0.25) is 0 Å². The second-order valence-corrected chi connectivity index (χ2v) is 4.96. The normalized spacial score (nSPS) is 11.2. The zero-order valence-corrected chi connectivity index (χ0v) is 10.7. The van der Waals surface area contributed by atoms with Crippen LogP contribution in [-0.4, -0.2) is 22.8 Å². The number of carbonyl (C=O) groups excluding carboxylic acids is 1. The molecule has 0 bridgehead atoms. The van der Waals surface area contributed by atoms with Crippen molar-refractivity contribution in [3.8, 4) is 0 Å². The van der Waals surface area contributed by atoms with Crippen LogP contribution in [0.25, 0.3) is 0 Å². The molecule has 3 N–H and O–H groups in total. The van der Waals surface area contributed by atoms with Gasteiger partial charge in [0.05, 0.1) is 0 Å². The monoisotopic (exact) mass is 239 g/mol. The van der Waals surface area contributed by atoms with Gasteiger partial charge in [-0.05, 0) is 33.3 Å². The largest absolute Gasteiger partial charge is 0.444 e. The predicted octanol–water partition coefficient (Wildman–Crippen LogP) is 1.99. The Morgan fingerprint density at radius 3 is 2.76 bits per heavy atom. The lowest BCUT2D eigenvalue weighted by molar-refractivity contribution is 0.0526. The van der Waals surface area contributed by atoms with Crippen molar-refractivity contribution in [2.24, 2.45) is 0 Å². The smallest absolute Gasteiger partial charge is 0.407 e. The van der Waals surface area contributed by atoms with Gasteiger partial charge in [0, 0.05) is 31.2 Å². The van der Waals surface area contributed by atoms with E-state index >= 15 is 0 Å². The summed E-state index contributed by atoms with van der Waals surface area (Å²) in [5, 5.41) is 2.71. The number of amides is 1. The van der Waals surface area contributed by atoms with Gasteiger partial charge in [-0.2, -0.15) is 0 Å². The molecule has 0 saturated carbocycles. The first-order valence-electron chi connectivity index (χ1n) is 5.75. The van der Waals surface area contributed by atoms with Crippen LogP contribution in [0, 0.1) is 0 Å². The first kappa shape index (κ1) is 13.4. The van der Waals surface area contributed by atoms with E-state index in [9.17, 15) is 4.79 Å². The Hall–Kier alpha value is -1.65. The summed E-state index contributed by atoms with van der Waals surface area (Å²) in [6, 6.07) is 1.85. The van der Waals surface area contributed by atoms with Gasteiger partial charge in [-0.15, -0.1) is 0 Å². The summed E-state index contributed by atoms with van der Waals surface area (Å²) < 4.78 is 7.11. The number of aromatic nitrogens is 1. The lowest BCUT2D eigenvalue weighted by Gasteiger charge is -2.19. The number of anilines is 1. The lowest BCUT2D eigenvalue weighted by Crippen LogP contribution is -2.33. The third-order valence-electron chi connectivity index (χ3n) is 2.03. The van der Waals surface area contributed by atoms with Gasteiger partial charge in [-0.1, -0.05) is 0 Å². The van der Waals surface area contributed by atoms with Crippen molar-refractivity contribution >= 4 is 11.8 Å². The predicted molar refractivity (Wildman–Crippen MR) is 67.7 cm³/mol. The van der Waals surface area contributed by atoms with Crippen molar-refractivity contribution in [2.75, 3.05) is 12.3 Å². The molecule has 0 atom stereocenters. The highest BCUT2D eigenvalue weighted by Crippen LogP contribution is 2.06. The summed E-state index contributed by atoms with van der Waals surface area (Å²) in [5.41, 5.74) is 5.90. The number of hydrogen-bond donors (Lipinski definition) is 2. The molecular weight excluding hydrogens is 218 g/mol. The summed E-state index contributed by atoms with van der Waals surface area (Å²) in [6.45, 7) is 6.94. The van der Waals surface area contributed by atoms with Gasteiger partial charge in [-0.25, -0.2) is 4.79 Å². The first-order valence-corrected chi connectivity index (χ1v) is 5.75. The third kappa shape index (κ3) is 5.85. The number of nitrogens with zero attached hydrogens (tertiary/aromatic N) is 1. The Morgan fingerprint density at radius 2 is 2.24 bits per heavy atom. The van der Waals surface area contributed by atoms with E-state index in [1.165, 1.54) is 0 Å². The topological polar surface area (TPSA) is 69.3 Å². The number of alkyl carbamates (subject to hydrolysis) is 1. The van der Waals surface area contributed by atoms with Crippen LogP contribution in [0.1, 0.15) is 27.2 Å². The molecule has 0 aliphatic carbocycles. The van der Waals surface area contributed by atoms with E-state index in [2.05, 4.69) is 5.32 Å². The van der Waals surface area contributed by atoms with Crippen LogP contribution >= 0.6 is 0 Å². The standard InChI is InChI=1S/C12H21N3O2/c1-12(2,3)17-11(16)14-6-4-7-15-8-5-10(13)9-15/h5,8-9H,4,6-7,13H2,1-3H3,(H,14,16). The molecule has 0 aromatic carbocycles. The molecule has 1 aromatic heterocycles. The highest BCUT2D eigenvalue weighted by molar-refractivity contribution is 5.67. The summed E-state index contributed by atoms with van der Waals surface area (Å²) in [7, 11) is 0. The SMILES string of the molecule is CC(C)(C)OC(=O)NCCCn1ccc(N)c1. The summed E-state index contributed by atoms with van der Waals surface area (Å²) in [5.74, 6) is 0. The lowest BCUT2D eigenvalue weighted by atomic mass is 10.2. The van der Waals surface area contributed by atoms with Crippen molar-refractivity contribution in [2.45, 2.75) is 39.3 Å². The Balaban J connectivity index is 2.14. The molecular formula is C12H21N3O2. The molecule has 1 heterocycles. The molecule has 1 rings (SSSR count). The van der Waals surface area contributed by atoms with Gasteiger partial charge in [0.1, 0.15) is 5.60 Å². The minimum atomic E-state index is -0.445. The van der Waals surface area contributed by atoms with E-state index in [-0.39, 0.29) is 6.09 Å². The van der Waals surface area contributed by atoms with Crippen molar-refractivity contribution in [1.29, 1.82) is 0 Å². The number of aryl methyl sites for hydroxylation is 1. The maximum atomic E-state index is 11.3. The van der Waals surface area contributed by atoms with Gasteiger partial charge in [0.2, 0.25) is 0 Å². The Labute approximate surface area is 102 Å². The van der Waals surface area contributed by atoms with Gasteiger partial charge in [0.25, 0.3) is 0 Å². The average molecular weight is 239 g/mol. The molecule has 0 saturated heterocycles. The summed E-state index contributed by atoms with van der Waals surface area (Å²) in [4.78, 5) is 11.3.